The van der Waals surface area contributed by atoms with Gasteiger partial charge in [0.2, 0.25) is 5.75 Å². The third-order valence-corrected chi connectivity index (χ3v) is 3.77. The van der Waals surface area contributed by atoms with Gasteiger partial charge in [0.15, 0.2) is 11.6 Å². The monoisotopic (exact) mass is 386 g/mol. The lowest BCUT2D eigenvalue weighted by Crippen LogP contribution is -2.03. The molecular weight excluding hydrogens is 376 g/mol. The summed E-state index contributed by atoms with van der Waals surface area (Å²) >= 11 is 6.99. The normalized spacial score (nSPS) is 10.1. The van der Waals surface area contributed by atoms with E-state index in [-0.39, 0.29) is 0 Å². The average molecular weight is 388 g/mol. The molecule has 19 heavy (non-hydrogen) atoms. The van der Waals surface area contributed by atoms with Gasteiger partial charge in [-0.25, -0.2) is 9.97 Å². The molecule has 1 aromatic carbocycles. The average Bonchev–Trinajstić information content (AvgIpc) is 2.42. The lowest BCUT2D eigenvalue weighted by Gasteiger charge is -2.14. The molecule has 2 aromatic rings. The molecule has 0 saturated heterocycles. The first-order chi connectivity index (χ1) is 9.17. The van der Waals surface area contributed by atoms with Crippen molar-refractivity contribution in [3.8, 4) is 5.75 Å². The van der Waals surface area contributed by atoms with Crippen molar-refractivity contribution in [2.75, 3.05) is 24.8 Å². The first-order valence-corrected chi connectivity index (χ1v) is 7.03. The molecule has 1 aromatic heterocycles. The fourth-order valence-electron chi connectivity index (χ4n) is 1.57. The molecule has 0 unspecified atom stereocenters. The fraction of sp³-hybridized carbons (Fsp3) is 0.167. The second-order valence-electron chi connectivity index (χ2n) is 3.58. The number of benzene rings is 1. The molecule has 5 nitrogen and oxygen atoms in total. The highest BCUT2D eigenvalue weighted by Crippen LogP contribution is 2.36. The summed E-state index contributed by atoms with van der Waals surface area (Å²) in [4.78, 5) is 8.31. The van der Waals surface area contributed by atoms with Crippen LogP contribution in [0.25, 0.3) is 0 Å². The Balaban J connectivity index is 2.44. The Morgan fingerprint density at radius 2 is 1.74 bits per heavy atom. The number of rotatable bonds is 4. The van der Waals surface area contributed by atoms with Crippen molar-refractivity contribution in [2.45, 2.75) is 0 Å². The maximum absolute atomic E-state index is 5.34. The van der Waals surface area contributed by atoms with Gasteiger partial charge >= 0.3 is 0 Å². The predicted octanol–water partition coefficient (Wildman–Crippen LogP) is 3.80. The van der Waals surface area contributed by atoms with Crippen molar-refractivity contribution in [1.29, 1.82) is 0 Å². The smallest absolute Gasteiger partial charge is 0.204 e. The molecule has 2 rings (SSSR count). The Morgan fingerprint density at radius 3 is 2.32 bits per heavy atom. The van der Waals surface area contributed by atoms with Crippen LogP contribution >= 0.6 is 31.9 Å². The number of aromatic nitrogens is 2. The van der Waals surface area contributed by atoms with Gasteiger partial charge in [-0.15, -0.1) is 0 Å². The van der Waals surface area contributed by atoms with Gasteiger partial charge in [-0.05, 0) is 44.0 Å². The molecule has 0 atom stereocenters. The van der Waals surface area contributed by atoms with Crippen molar-refractivity contribution in [2.24, 2.45) is 0 Å². The van der Waals surface area contributed by atoms with Crippen LogP contribution in [0.15, 0.2) is 33.5 Å². The second kappa shape index (κ2) is 6.21. The highest BCUT2D eigenvalue weighted by atomic mass is 79.9. The number of hydrogen-bond donors (Lipinski definition) is 2. The topological polar surface area (TPSA) is 59.1 Å². The number of nitrogens with one attached hydrogen (secondary N) is 2. The summed E-state index contributed by atoms with van der Waals surface area (Å²) in [5.74, 6) is 1.78. The lowest BCUT2D eigenvalue weighted by molar-refractivity contribution is 0.415. The number of ether oxygens (including phenoxy) is 1. The third-order valence-electron chi connectivity index (χ3n) is 2.45. The summed E-state index contributed by atoms with van der Waals surface area (Å²) in [6, 6.07) is 5.83. The van der Waals surface area contributed by atoms with E-state index in [1.165, 1.54) is 6.33 Å². The van der Waals surface area contributed by atoms with Crippen molar-refractivity contribution in [3.05, 3.63) is 33.5 Å². The maximum atomic E-state index is 5.34. The summed E-state index contributed by atoms with van der Waals surface area (Å²) in [6.07, 6.45) is 1.47. The molecule has 1 heterocycles. The maximum Gasteiger partial charge on any atom is 0.204 e. The van der Waals surface area contributed by atoms with Gasteiger partial charge in [0.25, 0.3) is 0 Å². The van der Waals surface area contributed by atoms with E-state index < -0.39 is 0 Å². The van der Waals surface area contributed by atoms with Gasteiger partial charge in [-0.2, -0.15) is 0 Å². The van der Waals surface area contributed by atoms with Gasteiger partial charge in [-0.3, -0.25) is 0 Å². The number of anilines is 3. The van der Waals surface area contributed by atoms with Crippen molar-refractivity contribution >= 4 is 49.2 Å². The minimum Gasteiger partial charge on any atom is -0.490 e. The first-order valence-electron chi connectivity index (χ1n) is 5.45. The Hall–Kier alpha value is -1.34. The van der Waals surface area contributed by atoms with E-state index in [9.17, 15) is 0 Å². The first kappa shape index (κ1) is 14.1. The Morgan fingerprint density at radius 1 is 1.11 bits per heavy atom. The van der Waals surface area contributed by atoms with Gasteiger partial charge in [-0.1, -0.05) is 6.07 Å². The lowest BCUT2D eigenvalue weighted by atomic mass is 10.3. The summed E-state index contributed by atoms with van der Waals surface area (Å²) in [5.41, 5.74) is 0.876. The van der Waals surface area contributed by atoms with Crippen molar-refractivity contribution in [1.82, 2.24) is 9.97 Å². The van der Waals surface area contributed by atoms with Gasteiger partial charge in [0.05, 0.1) is 12.8 Å². The van der Waals surface area contributed by atoms with Crippen LogP contribution in [0.4, 0.5) is 17.3 Å². The zero-order chi connectivity index (χ0) is 13.8. The molecule has 2 N–H and O–H groups in total. The zero-order valence-corrected chi connectivity index (χ0v) is 13.5. The SMILES string of the molecule is CNc1ncnc(Nc2c(Br)cccc2Br)c1OC. The molecule has 0 spiro atoms. The molecule has 0 aliphatic rings. The molecule has 0 radical (unpaired) electrons. The van der Waals surface area contributed by atoms with Crippen LogP contribution < -0.4 is 15.4 Å². The summed E-state index contributed by atoms with van der Waals surface area (Å²) in [5, 5.41) is 6.19. The molecule has 7 heteroatoms. The largest absolute Gasteiger partial charge is 0.490 e. The molecule has 0 aliphatic heterocycles. The van der Waals surface area contributed by atoms with E-state index in [0.717, 1.165) is 14.6 Å². The summed E-state index contributed by atoms with van der Waals surface area (Å²) < 4.78 is 7.19. The highest BCUT2D eigenvalue weighted by Gasteiger charge is 2.13. The van der Waals surface area contributed by atoms with E-state index in [1.807, 2.05) is 18.2 Å². The quantitative estimate of drug-likeness (QED) is 0.835. The number of para-hydroxylation sites is 1. The Kier molecular flexibility index (Phi) is 4.60. The molecule has 0 bridgehead atoms. The molecule has 0 fully saturated rings. The van der Waals surface area contributed by atoms with Crippen LogP contribution in [0, 0.1) is 0 Å². The highest BCUT2D eigenvalue weighted by molar-refractivity contribution is 9.11. The number of halogens is 2. The van der Waals surface area contributed by atoms with E-state index in [4.69, 9.17) is 4.74 Å². The molecule has 100 valence electrons. The Labute approximate surface area is 128 Å². The van der Waals surface area contributed by atoms with Crippen molar-refractivity contribution < 1.29 is 4.74 Å². The van der Waals surface area contributed by atoms with E-state index >= 15 is 0 Å². The van der Waals surface area contributed by atoms with Crippen molar-refractivity contribution in [3.63, 3.8) is 0 Å². The zero-order valence-electron chi connectivity index (χ0n) is 10.4. The van der Waals surface area contributed by atoms with Gasteiger partial charge in [0.1, 0.15) is 6.33 Å². The third kappa shape index (κ3) is 2.98. The van der Waals surface area contributed by atoms with E-state index in [0.29, 0.717) is 17.4 Å². The van der Waals surface area contributed by atoms with Crippen LogP contribution in [-0.4, -0.2) is 24.1 Å². The van der Waals surface area contributed by atoms with Crippen LogP contribution in [-0.2, 0) is 0 Å². The minimum absolute atomic E-state index is 0.563. The molecule has 0 aliphatic carbocycles. The molecule has 0 amide bonds. The number of hydrogen-bond acceptors (Lipinski definition) is 5. The van der Waals surface area contributed by atoms with Gasteiger partial charge in [0, 0.05) is 16.0 Å². The Bertz CT molecular complexity index is 572. The number of methoxy groups -OCH3 is 1. The summed E-state index contributed by atoms with van der Waals surface area (Å²) in [7, 11) is 3.36. The predicted molar refractivity (Wildman–Crippen MR) is 83.3 cm³/mol. The van der Waals surface area contributed by atoms with E-state index in [2.05, 4.69) is 52.5 Å². The van der Waals surface area contributed by atoms with Gasteiger partial charge < -0.3 is 15.4 Å². The molecular formula is C12H12Br2N4O. The van der Waals surface area contributed by atoms with Crippen LogP contribution in [0.2, 0.25) is 0 Å². The number of nitrogens with zero attached hydrogens (tertiary/aromatic N) is 2. The van der Waals surface area contributed by atoms with E-state index in [1.54, 1.807) is 14.2 Å². The standard InChI is InChI=1S/C12H12Br2N4O/c1-15-11-10(19-2)12(17-6-16-11)18-9-7(13)4-3-5-8(9)14/h3-6H,1-2H3,(H2,15,16,17,18). The molecule has 0 saturated carbocycles. The van der Waals surface area contributed by atoms with Crippen LogP contribution in [0.5, 0.6) is 5.75 Å². The summed E-state index contributed by atoms with van der Waals surface area (Å²) in [6.45, 7) is 0. The minimum atomic E-state index is 0.563. The fourth-order valence-corrected chi connectivity index (χ4v) is 2.77. The van der Waals surface area contributed by atoms with Crippen LogP contribution in [0.1, 0.15) is 0 Å². The van der Waals surface area contributed by atoms with Crippen LogP contribution in [0.3, 0.4) is 0 Å². The second-order valence-corrected chi connectivity index (χ2v) is 5.28.